The number of methoxy groups -OCH3 is 1. The van der Waals surface area contributed by atoms with Gasteiger partial charge >= 0.3 is 11.9 Å². The van der Waals surface area contributed by atoms with Gasteiger partial charge in [-0.1, -0.05) is 17.7 Å². The number of ether oxygens (including phenoxy) is 2. The molecule has 2 aromatic carbocycles. The van der Waals surface area contributed by atoms with Gasteiger partial charge in [0.2, 0.25) is 0 Å². The summed E-state index contributed by atoms with van der Waals surface area (Å²) >= 11 is 1.44. The van der Waals surface area contributed by atoms with E-state index in [1.165, 1.54) is 24.4 Å². The number of esters is 2. The summed E-state index contributed by atoms with van der Waals surface area (Å²) in [6.07, 6.45) is 0. The molecule has 1 atom stereocenters. The standard InChI is InChI=1S/C18H18O4S/c1-12-4-10-16(11-5-12)23-13(2)17(19)22-15-8-6-14(7-9-15)18(20)21-3/h4-11,13H,1-3H3/t13-/m1/s1. The van der Waals surface area contributed by atoms with Crippen LogP contribution in [0.15, 0.2) is 53.4 Å². The Morgan fingerprint density at radius 3 is 2.17 bits per heavy atom. The van der Waals surface area contributed by atoms with Crippen LogP contribution in [0.1, 0.15) is 22.8 Å². The maximum atomic E-state index is 12.1. The number of thioether (sulfide) groups is 1. The highest BCUT2D eigenvalue weighted by atomic mass is 32.2. The van der Waals surface area contributed by atoms with Crippen LogP contribution in [0.3, 0.4) is 0 Å². The van der Waals surface area contributed by atoms with Crippen molar-refractivity contribution in [1.82, 2.24) is 0 Å². The minimum atomic E-state index is -0.425. The fourth-order valence-electron chi connectivity index (χ4n) is 1.85. The van der Waals surface area contributed by atoms with Gasteiger partial charge in [-0.05, 0) is 50.2 Å². The maximum Gasteiger partial charge on any atom is 0.337 e. The molecule has 0 aromatic heterocycles. The van der Waals surface area contributed by atoms with Crippen molar-refractivity contribution in [3.8, 4) is 5.75 Å². The van der Waals surface area contributed by atoms with Gasteiger partial charge in [0.05, 0.1) is 12.7 Å². The van der Waals surface area contributed by atoms with Crippen molar-refractivity contribution in [2.75, 3.05) is 7.11 Å². The molecule has 0 unspecified atom stereocenters. The minimum Gasteiger partial charge on any atom is -0.465 e. The normalized spacial score (nSPS) is 11.6. The van der Waals surface area contributed by atoms with E-state index in [2.05, 4.69) is 4.74 Å². The van der Waals surface area contributed by atoms with Gasteiger partial charge in [-0.3, -0.25) is 4.79 Å². The first-order valence-electron chi connectivity index (χ1n) is 7.13. The van der Waals surface area contributed by atoms with Gasteiger partial charge in [-0.2, -0.15) is 0 Å². The Labute approximate surface area is 139 Å². The lowest BCUT2D eigenvalue weighted by Gasteiger charge is -2.11. The Bertz CT molecular complexity index is 677. The Kier molecular flexibility index (Phi) is 5.82. The van der Waals surface area contributed by atoms with E-state index >= 15 is 0 Å². The quantitative estimate of drug-likeness (QED) is 0.473. The molecule has 4 nitrogen and oxygen atoms in total. The van der Waals surface area contributed by atoms with Crippen LogP contribution in [0.25, 0.3) is 0 Å². The molecule has 0 aliphatic heterocycles. The van der Waals surface area contributed by atoms with E-state index in [-0.39, 0.29) is 11.2 Å². The van der Waals surface area contributed by atoms with Gasteiger partial charge in [0.25, 0.3) is 0 Å². The molecule has 0 radical (unpaired) electrons. The molecule has 0 fully saturated rings. The molecule has 0 aliphatic carbocycles. The number of carbonyl (C=O) groups excluding carboxylic acids is 2. The lowest BCUT2D eigenvalue weighted by atomic mass is 10.2. The second-order valence-corrected chi connectivity index (χ2v) is 6.42. The predicted molar refractivity (Wildman–Crippen MR) is 89.9 cm³/mol. The summed E-state index contributed by atoms with van der Waals surface area (Å²) in [5, 5.41) is -0.335. The van der Waals surface area contributed by atoms with Crippen molar-refractivity contribution in [2.45, 2.75) is 24.0 Å². The lowest BCUT2D eigenvalue weighted by Crippen LogP contribution is -2.19. The van der Waals surface area contributed by atoms with Gasteiger partial charge in [0.1, 0.15) is 11.0 Å². The van der Waals surface area contributed by atoms with Crippen LogP contribution in [0.4, 0.5) is 0 Å². The van der Waals surface area contributed by atoms with E-state index in [0.717, 1.165) is 4.90 Å². The highest BCUT2D eigenvalue weighted by Gasteiger charge is 2.17. The molecule has 120 valence electrons. The fraction of sp³-hybridized carbons (Fsp3) is 0.222. The van der Waals surface area contributed by atoms with E-state index in [1.807, 2.05) is 31.2 Å². The summed E-state index contributed by atoms with van der Waals surface area (Å²) in [7, 11) is 1.32. The van der Waals surface area contributed by atoms with Crippen LogP contribution < -0.4 is 4.74 Å². The van der Waals surface area contributed by atoms with Crippen molar-refractivity contribution in [3.05, 3.63) is 59.7 Å². The summed E-state index contributed by atoms with van der Waals surface area (Å²) in [5.74, 6) is -0.355. The van der Waals surface area contributed by atoms with Gasteiger partial charge in [-0.25, -0.2) is 4.79 Å². The van der Waals surface area contributed by atoms with E-state index in [0.29, 0.717) is 11.3 Å². The third kappa shape index (κ3) is 4.86. The summed E-state index contributed by atoms with van der Waals surface area (Å²) in [4.78, 5) is 24.5. The Balaban J connectivity index is 1.95. The molecule has 5 heteroatoms. The van der Waals surface area contributed by atoms with Gasteiger partial charge in [0.15, 0.2) is 0 Å². The lowest BCUT2D eigenvalue weighted by molar-refractivity contribution is -0.133. The summed E-state index contributed by atoms with van der Waals surface area (Å²) in [6, 6.07) is 14.3. The van der Waals surface area contributed by atoms with Crippen LogP contribution in [0.5, 0.6) is 5.75 Å². The second kappa shape index (κ2) is 7.83. The van der Waals surface area contributed by atoms with Gasteiger partial charge < -0.3 is 9.47 Å². The molecule has 0 amide bonds. The largest absolute Gasteiger partial charge is 0.465 e. The number of aryl methyl sites for hydroxylation is 1. The number of rotatable bonds is 5. The fourth-order valence-corrected chi connectivity index (χ4v) is 2.69. The topological polar surface area (TPSA) is 52.6 Å². The van der Waals surface area contributed by atoms with Crippen molar-refractivity contribution < 1.29 is 19.1 Å². The van der Waals surface area contributed by atoms with Crippen molar-refractivity contribution >= 4 is 23.7 Å². The monoisotopic (exact) mass is 330 g/mol. The molecule has 2 aromatic rings. The number of carbonyl (C=O) groups is 2. The van der Waals surface area contributed by atoms with Crippen LogP contribution in [0.2, 0.25) is 0 Å². The van der Waals surface area contributed by atoms with E-state index in [9.17, 15) is 9.59 Å². The highest BCUT2D eigenvalue weighted by molar-refractivity contribution is 8.00. The third-order valence-corrected chi connectivity index (χ3v) is 4.25. The third-order valence-electron chi connectivity index (χ3n) is 3.16. The van der Waals surface area contributed by atoms with Crippen molar-refractivity contribution in [3.63, 3.8) is 0 Å². The number of hydrogen-bond acceptors (Lipinski definition) is 5. The molecule has 0 aliphatic rings. The van der Waals surface area contributed by atoms with Crippen molar-refractivity contribution in [2.24, 2.45) is 0 Å². The van der Waals surface area contributed by atoms with Crippen LogP contribution in [0, 0.1) is 6.92 Å². The SMILES string of the molecule is COC(=O)c1ccc(OC(=O)[C@@H](C)Sc2ccc(C)cc2)cc1. The zero-order valence-corrected chi connectivity index (χ0v) is 14.1. The molecular formula is C18H18O4S. The summed E-state index contributed by atoms with van der Waals surface area (Å²) < 4.78 is 9.95. The van der Waals surface area contributed by atoms with E-state index < -0.39 is 5.97 Å². The molecule has 0 heterocycles. The predicted octanol–water partition coefficient (Wildman–Crippen LogP) is 3.87. The average Bonchev–Trinajstić information content (AvgIpc) is 2.56. The van der Waals surface area contributed by atoms with Gasteiger partial charge in [-0.15, -0.1) is 11.8 Å². The van der Waals surface area contributed by atoms with Crippen LogP contribution >= 0.6 is 11.8 Å². The average molecular weight is 330 g/mol. The molecule has 23 heavy (non-hydrogen) atoms. The molecule has 0 spiro atoms. The van der Waals surface area contributed by atoms with Gasteiger partial charge in [0, 0.05) is 4.90 Å². The van der Waals surface area contributed by atoms with E-state index in [4.69, 9.17) is 4.74 Å². The molecule has 0 bridgehead atoms. The summed E-state index contributed by atoms with van der Waals surface area (Å²) in [5.41, 5.74) is 1.59. The Hall–Kier alpha value is -2.27. The molecule has 0 saturated heterocycles. The molecular weight excluding hydrogens is 312 g/mol. The second-order valence-electron chi connectivity index (χ2n) is 5.01. The zero-order chi connectivity index (χ0) is 16.8. The first kappa shape index (κ1) is 17.1. The molecule has 2 rings (SSSR count). The molecule has 0 N–H and O–H groups in total. The Morgan fingerprint density at radius 1 is 1.00 bits per heavy atom. The maximum absolute atomic E-state index is 12.1. The van der Waals surface area contributed by atoms with Crippen molar-refractivity contribution in [1.29, 1.82) is 0 Å². The first-order valence-corrected chi connectivity index (χ1v) is 8.01. The number of benzene rings is 2. The zero-order valence-electron chi connectivity index (χ0n) is 13.2. The molecule has 0 saturated carbocycles. The number of hydrogen-bond donors (Lipinski definition) is 0. The Morgan fingerprint density at radius 2 is 1.61 bits per heavy atom. The first-order chi connectivity index (χ1) is 11.0. The highest BCUT2D eigenvalue weighted by Crippen LogP contribution is 2.25. The summed E-state index contributed by atoms with van der Waals surface area (Å²) in [6.45, 7) is 3.82. The van der Waals surface area contributed by atoms with Crippen LogP contribution in [-0.2, 0) is 9.53 Å². The van der Waals surface area contributed by atoms with E-state index in [1.54, 1.807) is 31.2 Å². The minimum absolute atomic E-state index is 0.332. The smallest absolute Gasteiger partial charge is 0.337 e. The van der Waals surface area contributed by atoms with Crippen LogP contribution in [-0.4, -0.2) is 24.3 Å².